The minimum absolute atomic E-state index is 0.0538. The van der Waals surface area contributed by atoms with Crippen LogP contribution in [0.5, 0.6) is 0 Å². The van der Waals surface area contributed by atoms with Gasteiger partial charge in [-0.3, -0.25) is 19.1 Å². The van der Waals surface area contributed by atoms with Gasteiger partial charge >= 0.3 is 0 Å². The lowest BCUT2D eigenvalue weighted by Gasteiger charge is -2.17. The van der Waals surface area contributed by atoms with E-state index in [0.717, 1.165) is 13.0 Å². The maximum absolute atomic E-state index is 12.6. The largest absolute Gasteiger partial charge is 0.338 e. The minimum Gasteiger partial charge on any atom is -0.338 e. The van der Waals surface area contributed by atoms with Crippen molar-refractivity contribution in [1.82, 2.24) is 19.4 Å². The van der Waals surface area contributed by atoms with Crippen LogP contribution in [0.2, 0.25) is 0 Å². The van der Waals surface area contributed by atoms with Crippen LogP contribution in [0.3, 0.4) is 0 Å². The molecule has 0 aliphatic carbocycles. The van der Waals surface area contributed by atoms with E-state index in [-0.39, 0.29) is 17.4 Å². The summed E-state index contributed by atoms with van der Waals surface area (Å²) < 4.78 is 1.64. The van der Waals surface area contributed by atoms with Crippen LogP contribution in [-0.4, -0.2) is 38.4 Å². The molecule has 0 spiro atoms. The van der Waals surface area contributed by atoms with E-state index in [1.807, 2.05) is 35.2 Å². The first-order chi connectivity index (χ1) is 12.2. The highest BCUT2D eigenvalue weighted by Gasteiger charge is 2.27. The number of carbonyl (C=O) groups excluding carboxylic acids is 1. The molecular weight excluding hydrogens is 316 g/mol. The second kappa shape index (κ2) is 6.47. The Balaban J connectivity index is 1.49. The molecule has 1 saturated heterocycles. The maximum atomic E-state index is 12.6. The van der Waals surface area contributed by atoms with Gasteiger partial charge in [-0.25, -0.2) is 4.98 Å². The molecule has 0 saturated carbocycles. The fourth-order valence-electron chi connectivity index (χ4n) is 3.35. The van der Waals surface area contributed by atoms with Crippen molar-refractivity contribution >= 4 is 16.8 Å². The molecule has 0 radical (unpaired) electrons. The third kappa shape index (κ3) is 3.03. The Kier molecular flexibility index (Phi) is 4.01. The molecule has 0 unspecified atom stereocenters. The highest BCUT2D eigenvalue weighted by molar-refractivity contribution is 5.94. The highest BCUT2D eigenvalue weighted by atomic mass is 16.2. The number of fused-ring (bicyclic) bond motifs is 1. The van der Waals surface area contributed by atoms with E-state index < -0.39 is 0 Å². The van der Waals surface area contributed by atoms with Gasteiger partial charge in [0.2, 0.25) is 0 Å². The second-order valence-corrected chi connectivity index (χ2v) is 6.37. The number of hydrogen-bond donors (Lipinski definition) is 0. The molecule has 1 atom stereocenters. The normalized spacial score (nSPS) is 17.1. The van der Waals surface area contributed by atoms with E-state index in [9.17, 15) is 9.59 Å². The molecule has 6 nitrogen and oxygen atoms in total. The van der Waals surface area contributed by atoms with E-state index in [1.165, 1.54) is 0 Å². The second-order valence-electron chi connectivity index (χ2n) is 6.37. The average Bonchev–Trinajstić information content (AvgIpc) is 3.13. The first kappa shape index (κ1) is 15.5. The van der Waals surface area contributed by atoms with Crippen LogP contribution < -0.4 is 5.56 Å². The summed E-state index contributed by atoms with van der Waals surface area (Å²) in [6.07, 6.45) is 5.66. The van der Waals surface area contributed by atoms with Gasteiger partial charge < -0.3 is 4.90 Å². The van der Waals surface area contributed by atoms with E-state index in [1.54, 1.807) is 29.4 Å². The molecule has 126 valence electrons. The lowest BCUT2D eigenvalue weighted by Crippen LogP contribution is -2.30. The number of carbonyl (C=O) groups is 1. The minimum atomic E-state index is -0.0553. The number of hydrogen-bond acceptors (Lipinski definition) is 4. The van der Waals surface area contributed by atoms with Crippen molar-refractivity contribution in [2.45, 2.75) is 13.0 Å². The monoisotopic (exact) mass is 334 g/mol. The number of benzene rings is 1. The van der Waals surface area contributed by atoms with Gasteiger partial charge in [0.15, 0.2) is 0 Å². The molecule has 1 aliphatic rings. The fourth-order valence-corrected chi connectivity index (χ4v) is 3.35. The van der Waals surface area contributed by atoms with Crippen LogP contribution in [0.4, 0.5) is 0 Å². The highest BCUT2D eigenvalue weighted by Crippen LogP contribution is 2.20. The number of rotatable bonds is 3. The van der Waals surface area contributed by atoms with Gasteiger partial charge in [-0.2, -0.15) is 0 Å². The third-order valence-corrected chi connectivity index (χ3v) is 4.68. The van der Waals surface area contributed by atoms with Crippen molar-refractivity contribution in [1.29, 1.82) is 0 Å². The van der Waals surface area contributed by atoms with Gasteiger partial charge in [0.25, 0.3) is 11.5 Å². The number of amides is 1. The Morgan fingerprint density at radius 3 is 2.88 bits per heavy atom. The molecule has 1 aliphatic heterocycles. The van der Waals surface area contributed by atoms with E-state index in [4.69, 9.17) is 0 Å². The standard InChI is InChI=1S/C19H18N4O2/c24-18(15-4-2-1-3-5-15)22-9-7-14(11-22)12-23-13-21-17-10-20-8-6-16(17)19(23)25/h1-6,8,10,13-14H,7,9,11-12H2/t14-/m0/s1. The fraction of sp³-hybridized carbons (Fsp3) is 0.263. The van der Waals surface area contributed by atoms with Crippen molar-refractivity contribution in [2.24, 2.45) is 5.92 Å². The summed E-state index contributed by atoms with van der Waals surface area (Å²) >= 11 is 0. The molecular formula is C19H18N4O2. The summed E-state index contributed by atoms with van der Waals surface area (Å²) in [5.74, 6) is 0.310. The predicted octanol–water partition coefficient (Wildman–Crippen LogP) is 1.95. The lowest BCUT2D eigenvalue weighted by atomic mass is 10.1. The molecule has 6 heteroatoms. The molecule has 1 aromatic carbocycles. The van der Waals surface area contributed by atoms with E-state index in [0.29, 0.717) is 29.6 Å². The Labute approximate surface area is 144 Å². The van der Waals surface area contributed by atoms with E-state index in [2.05, 4.69) is 9.97 Å². The van der Waals surface area contributed by atoms with Crippen LogP contribution in [0.25, 0.3) is 10.9 Å². The van der Waals surface area contributed by atoms with Crippen LogP contribution in [0, 0.1) is 5.92 Å². The topological polar surface area (TPSA) is 68.1 Å². The smallest absolute Gasteiger partial charge is 0.261 e. The first-order valence-corrected chi connectivity index (χ1v) is 8.36. The molecule has 0 bridgehead atoms. The molecule has 0 N–H and O–H groups in total. The maximum Gasteiger partial charge on any atom is 0.261 e. The molecule has 25 heavy (non-hydrogen) atoms. The van der Waals surface area contributed by atoms with Crippen molar-refractivity contribution in [3.8, 4) is 0 Å². The summed E-state index contributed by atoms with van der Waals surface area (Å²) in [5, 5.41) is 0.577. The van der Waals surface area contributed by atoms with Crippen molar-refractivity contribution < 1.29 is 4.79 Å². The summed E-state index contributed by atoms with van der Waals surface area (Å²) in [6.45, 7) is 1.95. The van der Waals surface area contributed by atoms with Crippen LogP contribution in [-0.2, 0) is 6.54 Å². The zero-order valence-electron chi connectivity index (χ0n) is 13.7. The van der Waals surface area contributed by atoms with Crippen molar-refractivity contribution in [2.75, 3.05) is 13.1 Å². The van der Waals surface area contributed by atoms with Gasteiger partial charge in [-0.05, 0) is 30.5 Å². The Morgan fingerprint density at radius 1 is 1.20 bits per heavy atom. The van der Waals surface area contributed by atoms with Gasteiger partial charge in [0.1, 0.15) is 0 Å². The van der Waals surface area contributed by atoms with E-state index >= 15 is 0 Å². The summed E-state index contributed by atoms with van der Waals surface area (Å²) in [7, 11) is 0. The number of aromatic nitrogens is 3. The van der Waals surface area contributed by atoms with Crippen LogP contribution >= 0.6 is 0 Å². The molecule has 2 aromatic heterocycles. The number of likely N-dealkylation sites (tertiary alicyclic amines) is 1. The molecule has 1 fully saturated rings. The zero-order chi connectivity index (χ0) is 17.2. The number of pyridine rings is 1. The Bertz CT molecular complexity index is 968. The Hall–Kier alpha value is -3.02. The zero-order valence-corrected chi connectivity index (χ0v) is 13.7. The summed E-state index contributed by atoms with van der Waals surface area (Å²) in [5.41, 5.74) is 1.26. The van der Waals surface area contributed by atoms with Gasteiger partial charge in [-0.1, -0.05) is 18.2 Å². The molecule has 1 amide bonds. The third-order valence-electron chi connectivity index (χ3n) is 4.68. The first-order valence-electron chi connectivity index (χ1n) is 8.36. The van der Waals surface area contributed by atoms with Crippen molar-refractivity contribution in [3.63, 3.8) is 0 Å². The Morgan fingerprint density at radius 2 is 2.04 bits per heavy atom. The number of nitrogens with zero attached hydrogens (tertiary/aromatic N) is 4. The molecule has 3 aromatic rings. The van der Waals surface area contributed by atoms with Gasteiger partial charge in [0, 0.05) is 31.4 Å². The molecule has 3 heterocycles. The van der Waals surface area contributed by atoms with Gasteiger partial charge in [0.05, 0.1) is 23.4 Å². The van der Waals surface area contributed by atoms with Gasteiger partial charge in [-0.15, -0.1) is 0 Å². The van der Waals surface area contributed by atoms with Crippen LogP contribution in [0.15, 0.2) is 59.9 Å². The lowest BCUT2D eigenvalue weighted by molar-refractivity contribution is 0.0786. The SMILES string of the molecule is O=C(c1ccccc1)N1CC[C@H](Cn2cnc3cnccc3c2=O)C1. The quantitative estimate of drug-likeness (QED) is 0.734. The average molecular weight is 334 g/mol. The summed E-state index contributed by atoms with van der Waals surface area (Å²) in [4.78, 5) is 35.3. The predicted molar refractivity (Wildman–Crippen MR) is 94.3 cm³/mol. The van der Waals surface area contributed by atoms with Crippen LogP contribution in [0.1, 0.15) is 16.8 Å². The van der Waals surface area contributed by atoms with Crippen molar-refractivity contribution in [3.05, 3.63) is 71.0 Å². The molecule has 4 rings (SSSR count). The summed E-state index contributed by atoms with van der Waals surface area (Å²) in [6, 6.07) is 11.0.